The summed E-state index contributed by atoms with van der Waals surface area (Å²) in [5, 5.41) is 3.97. The standard InChI is InChI=1S/C9H9ClN4O/c1-14-6-8(4-12-14)15-9-5-11-3-7(2-10)13-9/h3-6H,2H2,1H3. The van der Waals surface area contributed by atoms with Crippen LogP contribution in [0, 0.1) is 0 Å². The number of alkyl halides is 1. The Bertz CT molecular complexity index is 457. The Balaban J connectivity index is 2.16. The summed E-state index contributed by atoms with van der Waals surface area (Å²) < 4.78 is 7.07. The zero-order chi connectivity index (χ0) is 10.7. The van der Waals surface area contributed by atoms with Gasteiger partial charge in [-0.05, 0) is 0 Å². The molecule has 0 aliphatic heterocycles. The first kappa shape index (κ1) is 9.92. The SMILES string of the molecule is Cn1cc(Oc2cncc(CCl)n2)cn1. The van der Waals surface area contributed by atoms with Crippen molar-refractivity contribution in [3.8, 4) is 11.6 Å². The third kappa shape index (κ3) is 2.44. The van der Waals surface area contributed by atoms with Gasteiger partial charge >= 0.3 is 0 Å². The van der Waals surface area contributed by atoms with Crippen LogP contribution in [0.1, 0.15) is 5.69 Å². The van der Waals surface area contributed by atoms with Gasteiger partial charge in [-0.1, -0.05) is 0 Å². The van der Waals surface area contributed by atoms with E-state index < -0.39 is 0 Å². The number of aromatic nitrogens is 4. The molecule has 0 saturated carbocycles. The van der Waals surface area contributed by atoms with E-state index >= 15 is 0 Å². The van der Waals surface area contributed by atoms with Gasteiger partial charge in [0.2, 0.25) is 5.88 Å². The van der Waals surface area contributed by atoms with Crippen LogP contribution in [0.4, 0.5) is 0 Å². The van der Waals surface area contributed by atoms with E-state index in [1.165, 1.54) is 6.20 Å². The van der Waals surface area contributed by atoms with Crippen LogP contribution in [-0.4, -0.2) is 19.7 Å². The third-order valence-electron chi connectivity index (χ3n) is 1.70. The molecular weight excluding hydrogens is 216 g/mol. The highest BCUT2D eigenvalue weighted by Crippen LogP contribution is 2.17. The molecule has 2 heterocycles. The lowest BCUT2D eigenvalue weighted by Crippen LogP contribution is -1.92. The van der Waals surface area contributed by atoms with E-state index in [-0.39, 0.29) is 0 Å². The number of aryl methyl sites for hydroxylation is 1. The molecule has 0 saturated heterocycles. The molecule has 0 N–H and O–H groups in total. The molecule has 0 radical (unpaired) electrons. The molecule has 2 aromatic heterocycles. The van der Waals surface area contributed by atoms with Gasteiger partial charge in [0.25, 0.3) is 0 Å². The van der Waals surface area contributed by atoms with Crippen molar-refractivity contribution in [2.75, 3.05) is 0 Å². The molecule has 0 aliphatic carbocycles. The highest BCUT2D eigenvalue weighted by Gasteiger charge is 2.02. The van der Waals surface area contributed by atoms with Crippen LogP contribution >= 0.6 is 11.6 Å². The van der Waals surface area contributed by atoms with E-state index in [1.54, 1.807) is 23.3 Å². The summed E-state index contributed by atoms with van der Waals surface area (Å²) >= 11 is 5.63. The zero-order valence-corrected chi connectivity index (χ0v) is 8.85. The summed E-state index contributed by atoms with van der Waals surface area (Å²) in [5.41, 5.74) is 0.679. The van der Waals surface area contributed by atoms with Crippen molar-refractivity contribution in [2.45, 2.75) is 5.88 Å². The molecule has 0 fully saturated rings. The van der Waals surface area contributed by atoms with Crippen molar-refractivity contribution in [3.05, 3.63) is 30.5 Å². The number of rotatable bonds is 3. The minimum Gasteiger partial charge on any atom is -0.434 e. The number of nitrogens with zero attached hydrogens (tertiary/aromatic N) is 4. The smallest absolute Gasteiger partial charge is 0.238 e. The lowest BCUT2D eigenvalue weighted by atomic mass is 10.5. The van der Waals surface area contributed by atoms with Crippen molar-refractivity contribution >= 4 is 11.6 Å². The summed E-state index contributed by atoms with van der Waals surface area (Å²) in [5.74, 6) is 1.36. The zero-order valence-electron chi connectivity index (χ0n) is 8.09. The minimum absolute atomic E-state index is 0.317. The van der Waals surface area contributed by atoms with Crippen LogP contribution in [0.25, 0.3) is 0 Å². The molecule has 0 amide bonds. The molecule has 0 spiro atoms. The van der Waals surface area contributed by atoms with Crippen LogP contribution in [0.3, 0.4) is 0 Å². The van der Waals surface area contributed by atoms with E-state index in [1.807, 2.05) is 7.05 Å². The molecule has 2 aromatic rings. The summed E-state index contributed by atoms with van der Waals surface area (Å²) in [6.45, 7) is 0. The maximum Gasteiger partial charge on any atom is 0.238 e. The second kappa shape index (κ2) is 4.27. The molecule has 15 heavy (non-hydrogen) atoms. The summed E-state index contributed by atoms with van der Waals surface area (Å²) in [7, 11) is 1.81. The van der Waals surface area contributed by atoms with Gasteiger partial charge in [0, 0.05) is 13.2 Å². The van der Waals surface area contributed by atoms with Gasteiger partial charge in [-0.25, -0.2) is 4.98 Å². The average Bonchev–Trinajstić information content (AvgIpc) is 2.64. The Kier molecular flexibility index (Phi) is 2.82. The van der Waals surface area contributed by atoms with Crippen LogP contribution in [-0.2, 0) is 12.9 Å². The molecule has 0 unspecified atom stereocenters. The summed E-state index contributed by atoms with van der Waals surface area (Å²) in [4.78, 5) is 8.10. The van der Waals surface area contributed by atoms with Gasteiger partial charge < -0.3 is 4.74 Å². The number of hydrogen-bond donors (Lipinski definition) is 0. The molecule has 0 aliphatic rings. The molecule has 0 aromatic carbocycles. The first-order valence-electron chi connectivity index (χ1n) is 4.31. The number of halogens is 1. The first-order chi connectivity index (χ1) is 7.28. The van der Waals surface area contributed by atoms with Crippen molar-refractivity contribution in [1.29, 1.82) is 0 Å². The normalized spacial score (nSPS) is 10.3. The van der Waals surface area contributed by atoms with Gasteiger partial charge in [0.15, 0.2) is 5.75 Å². The molecule has 78 valence electrons. The predicted molar refractivity (Wildman–Crippen MR) is 54.9 cm³/mol. The maximum absolute atomic E-state index is 5.63. The van der Waals surface area contributed by atoms with E-state index in [9.17, 15) is 0 Å². The quantitative estimate of drug-likeness (QED) is 0.746. The number of hydrogen-bond acceptors (Lipinski definition) is 4. The molecule has 5 nitrogen and oxygen atoms in total. The largest absolute Gasteiger partial charge is 0.434 e. The topological polar surface area (TPSA) is 52.8 Å². The molecule has 6 heteroatoms. The maximum atomic E-state index is 5.63. The fraction of sp³-hybridized carbons (Fsp3) is 0.222. The first-order valence-corrected chi connectivity index (χ1v) is 4.85. The highest BCUT2D eigenvalue weighted by atomic mass is 35.5. The van der Waals surface area contributed by atoms with Crippen LogP contribution < -0.4 is 4.74 Å². The van der Waals surface area contributed by atoms with E-state index in [4.69, 9.17) is 16.3 Å². The van der Waals surface area contributed by atoms with Crippen molar-refractivity contribution in [3.63, 3.8) is 0 Å². The number of ether oxygens (including phenoxy) is 1. The Labute approximate surface area is 91.7 Å². The molecule has 2 rings (SSSR count). The fourth-order valence-corrected chi connectivity index (χ4v) is 1.20. The Morgan fingerprint density at radius 3 is 2.93 bits per heavy atom. The second-order valence-corrected chi connectivity index (χ2v) is 3.20. The molecular formula is C9H9ClN4O. The van der Waals surface area contributed by atoms with E-state index in [2.05, 4.69) is 15.1 Å². The van der Waals surface area contributed by atoms with Crippen molar-refractivity contribution in [2.24, 2.45) is 7.05 Å². The van der Waals surface area contributed by atoms with Crippen molar-refractivity contribution < 1.29 is 4.74 Å². The van der Waals surface area contributed by atoms with Crippen molar-refractivity contribution in [1.82, 2.24) is 19.7 Å². The minimum atomic E-state index is 0.317. The van der Waals surface area contributed by atoms with E-state index in [0.29, 0.717) is 23.2 Å². The second-order valence-electron chi connectivity index (χ2n) is 2.93. The monoisotopic (exact) mass is 224 g/mol. The van der Waals surface area contributed by atoms with Gasteiger partial charge in [0.05, 0.1) is 30.2 Å². The van der Waals surface area contributed by atoms with Crippen LogP contribution in [0.15, 0.2) is 24.8 Å². The molecule has 0 bridgehead atoms. The summed E-state index contributed by atoms with van der Waals surface area (Å²) in [6, 6.07) is 0. The predicted octanol–water partition coefficient (Wildman–Crippen LogP) is 1.74. The van der Waals surface area contributed by atoms with Gasteiger partial charge in [-0.15, -0.1) is 11.6 Å². The van der Waals surface area contributed by atoms with E-state index in [0.717, 1.165) is 0 Å². The average molecular weight is 225 g/mol. The fourth-order valence-electron chi connectivity index (χ4n) is 1.07. The summed E-state index contributed by atoms with van der Waals surface area (Å²) in [6.07, 6.45) is 6.48. The third-order valence-corrected chi connectivity index (χ3v) is 1.98. The van der Waals surface area contributed by atoms with Crippen LogP contribution in [0.2, 0.25) is 0 Å². The van der Waals surface area contributed by atoms with Gasteiger partial charge in [-0.2, -0.15) is 5.10 Å². The Morgan fingerprint density at radius 1 is 1.40 bits per heavy atom. The molecule has 0 atom stereocenters. The Morgan fingerprint density at radius 2 is 2.27 bits per heavy atom. The highest BCUT2D eigenvalue weighted by molar-refractivity contribution is 6.16. The lowest BCUT2D eigenvalue weighted by molar-refractivity contribution is 0.458. The van der Waals surface area contributed by atoms with Gasteiger partial charge in [-0.3, -0.25) is 9.67 Å². The van der Waals surface area contributed by atoms with Crippen LogP contribution in [0.5, 0.6) is 11.6 Å². The van der Waals surface area contributed by atoms with Gasteiger partial charge in [0.1, 0.15) is 0 Å². The Hall–Kier alpha value is -1.62. The lowest BCUT2D eigenvalue weighted by Gasteiger charge is -2.01.